The van der Waals surface area contributed by atoms with Crippen LogP contribution in [0.1, 0.15) is 36.1 Å². The Labute approximate surface area is 124 Å². The van der Waals surface area contributed by atoms with E-state index in [9.17, 15) is 4.79 Å². The lowest BCUT2D eigenvalue weighted by Gasteiger charge is -2.23. The maximum atomic E-state index is 12.3. The van der Waals surface area contributed by atoms with E-state index in [2.05, 4.69) is 32.3 Å². The number of aryl methyl sites for hydroxylation is 1. The lowest BCUT2D eigenvalue weighted by molar-refractivity contribution is 0.0929. The smallest absolute Gasteiger partial charge is 0.289 e. The summed E-state index contributed by atoms with van der Waals surface area (Å²) in [4.78, 5) is 18.6. The molecule has 2 rings (SSSR count). The van der Waals surface area contributed by atoms with Gasteiger partial charge in [-0.05, 0) is 33.5 Å². The predicted octanol–water partition coefficient (Wildman–Crippen LogP) is 0.893. The average Bonchev–Trinajstić information content (AvgIpc) is 2.85. The van der Waals surface area contributed by atoms with Crippen molar-refractivity contribution >= 4 is 11.7 Å². The number of fused-ring (bicyclic) bond motifs is 1. The Morgan fingerprint density at radius 1 is 1.43 bits per heavy atom. The quantitative estimate of drug-likeness (QED) is 0.855. The highest BCUT2D eigenvalue weighted by atomic mass is 16.2. The second-order valence-corrected chi connectivity index (χ2v) is 5.38. The van der Waals surface area contributed by atoms with E-state index >= 15 is 0 Å². The lowest BCUT2D eigenvalue weighted by atomic mass is 10.1. The number of rotatable bonds is 6. The zero-order valence-electron chi connectivity index (χ0n) is 13.0. The Kier molecular flexibility index (Phi) is 4.85. The minimum Gasteiger partial charge on any atom is -0.348 e. The number of amides is 1. The van der Waals surface area contributed by atoms with E-state index in [0.29, 0.717) is 18.4 Å². The van der Waals surface area contributed by atoms with Gasteiger partial charge in [0.25, 0.3) is 11.7 Å². The number of nitrogens with zero attached hydrogens (tertiary/aromatic N) is 5. The van der Waals surface area contributed by atoms with Gasteiger partial charge in [0, 0.05) is 24.5 Å². The third kappa shape index (κ3) is 3.55. The van der Waals surface area contributed by atoms with Crippen LogP contribution in [0.4, 0.5) is 0 Å². The summed E-state index contributed by atoms with van der Waals surface area (Å²) >= 11 is 0. The van der Waals surface area contributed by atoms with Crippen molar-refractivity contribution in [1.29, 1.82) is 0 Å². The number of carbonyl (C=O) groups excluding carboxylic acids is 1. The number of hydrogen-bond donors (Lipinski definition) is 1. The van der Waals surface area contributed by atoms with Gasteiger partial charge in [0.2, 0.25) is 5.82 Å². The summed E-state index contributed by atoms with van der Waals surface area (Å²) < 4.78 is 1.60. The monoisotopic (exact) mass is 290 g/mol. The second-order valence-electron chi connectivity index (χ2n) is 5.38. The highest BCUT2D eigenvalue weighted by Crippen LogP contribution is 2.04. The molecule has 0 unspecified atom stereocenters. The van der Waals surface area contributed by atoms with Crippen molar-refractivity contribution in [3.63, 3.8) is 0 Å². The number of hydrogen-bond acceptors (Lipinski definition) is 5. The predicted molar refractivity (Wildman–Crippen MR) is 80.2 cm³/mol. The van der Waals surface area contributed by atoms with E-state index in [1.165, 1.54) is 0 Å². The van der Waals surface area contributed by atoms with Crippen molar-refractivity contribution in [3.8, 4) is 0 Å². The molecule has 0 aromatic carbocycles. The maximum Gasteiger partial charge on any atom is 0.289 e. The molecule has 0 aliphatic heterocycles. The van der Waals surface area contributed by atoms with Gasteiger partial charge in [-0.25, -0.2) is 4.98 Å². The Balaban J connectivity index is 2.08. The Morgan fingerprint density at radius 2 is 2.19 bits per heavy atom. The summed E-state index contributed by atoms with van der Waals surface area (Å²) in [5.74, 6) is 0.487. The molecule has 2 aromatic rings. The molecule has 2 heterocycles. The van der Waals surface area contributed by atoms with Crippen LogP contribution in [0.15, 0.2) is 12.3 Å². The minimum atomic E-state index is -0.226. The van der Waals surface area contributed by atoms with Crippen molar-refractivity contribution in [2.45, 2.75) is 32.7 Å². The van der Waals surface area contributed by atoms with Crippen molar-refractivity contribution in [1.82, 2.24) is 29.8 Å². The maximum absolute atomic E-state index is 12.3. The van der Waals surface area contributed by atoms with E-state index in [-0.39, 0.29) is 11.7 Å². The van der Waals surface area contributed by atoms with Crippen LogP contribution in [0.3, 0.4) is 0 Å². The van der Waals surface area contributed by atoms with Crippen molar-refractivity contribution in [2.75, 3.05) is 20.6 Å². The molecule has 114 valence electrons. The molecule has 7 nitrogen and oxygen atoms in total. The van der Waals surface area contributed by atoms with Gasteiger partial charge < -0.3 is 10.2 Å². The van der Waals surface area contributed by atoms with Gasteiger partial charge in [-0.2, -0.15) is 0 Å². The highest BCUT2D eigenvalue weighted by molar-refractivity contribution is 5.91. The summed E-state index contributed by atoms with van der Waals surface area (Å²) in [5, 5.41) is 10.8. The molecule has 0 aliphatic rings. The van der Waals surface area contributed by atoms with E-state index < -0.39 is 0 Å². The highest BCUT2D eigenvalue weighted by Gasteiger charge is 2.17. The summed E-state index contributed by atoms with van der Waals surface area (Å²) in [6.45, 7) is 4.60. The third-order valence-corrected chi connectivity index (χ3v) is 3.47. The van der Waals surface area contributed by atoms with Gasteiger partial charge in [-0.1, -0.05) is 13.3 Å². The van der Waals surface area contributed by atoms with Crippen LogP contribution in [-0.4, -0.2) is 57.1 Å². The van der Waals surface area contributed by atoms with Crippen molar-refractivity contribution in [2.24, 2.45) is 0 Å². The molecule has 7 heteroatoms. The fourth-order valence-corrected chi connectivity index (χ4v) is 2.19. The van der Waals surface area contributed by atoms with Crippen LogP contribution in [0.5, 0.6) is 0 Å². The molecule has 0 saturated carbocycles. The molecule has 0 spiro atoms. The third-order valence-electron chi connectivity index (χ3n) is 3.47. The molecule has 1 N–H and O–H groups in total. The van der Waals surface area contributed by atoms with Crippen LogP contribution < -0.4 is 5.32 Å². The van der Waals surface area contributed by atoms with Crippen molar-refractivity contribution < 1.29 is 4.79 Å². The molecule has 0 saturated heterocycles. The molecule has 1 atom stereocenters. The van der Waals surface area contributed by atoms with Crippen LogP contribution in [-0.2, 0) is 0 Å². The summed E-state index contributed by atoms with van der Waals surface area (Å²) in [7, 11) is 4.04. The number of aromatic nitrogens is 4. The number of nitrogens with one attached hydrogen (secondary N) is 1. The average molecular weight is 290 g/mol. The first-order valence-corrected chi connectivity index (χ1v) is 7.16. The van der Waals surface area contributed by atoms with Crippen LogP contribution in [0.25, 0.3) is 5.78 Å². The van der Waals surface area contributed by atoms with Gasteiger partial charge in [0.1, 0.15) is 0 Å². The first-order valence-electron chi connectivity index (χ1n) is 7.16. The fourth-order valence-electron chi connectivity index (χ4n) is 2.19. The van der Waals surface area contributed by atoms with Crippen LogP contribution in [0, 0.1) is 6.92 Å². The Morgan fingerprint density at radius 3 is 2.86 bits per heavy atom. The van der Waals surface area contributed by atoms with Gasteiger partial charge in [-0.3, -0.25) is 9.20 Å². The summed E-state index contributed by atoms with van der Waals surface area (Å²) in [6.07, 6.45) is 3.88. The van der Waals surface area contributed by atoms with E-state index in [1.807, 2.05) is 27.1 Å². The van der Waals surface area contributed by atoms with E-state index in [4.69, 9.17) is 0 Å². The molecule has 0 bridgehead atoms. The molecule has 0 fully saturated rings. The van der Waals surface area contributed by atoms with Crippen molar-refractivity contribution in [3.05, 3.63) is 23.8 Å². The second kappa shape index (κ2) is 6.62. The van der Waals surface area contributed by atoms with Gasteiger partial charge >= 0.3 is 0 Å². The summed E-state index contributed by atoms with van der Waals surface area (Å²) in [5.41, 5.74) is 0.845. The first kappa shape index (κ1) is 15.4. The zero-order valence-corrected chi connectivity index (χ0v) is 13.0. The van der Waals surface area contributed by atoms with Gasteiger partial charge in [0.05, 0.1) is 0 Å². The number of likely N-dealkylation sites (N-methyl/N-ethyl adjacent to an activating group) is 1. The van der Waals surface area contributed by atoms with E-state index in [0.717, 1.165) is 18.5 Å². The standard InChI is InChI=1S/C14H22N6O/c1-5-6-11(19(3)4)9-15-13(21)12-17-18-14-16-10(2)7-8-20(12)14/h7-8,11H,5-6,9H2,1-4H3,(H,15,21)/t11-/m1/s1. The SMILES string of the molecule is CCC[C@H](CNC(=O)c1nnc2nc(C)ccn12)N(C)C. The molecule has 21 heavy (non-hydrogen) atoms. The van der Waals surface area contributed by atoms with Gasteiger partial charge in [-0.15, -0.1) is 10.2 Å². The Hall–Kier alpha value is -2.02. The number of carbonyl (C=O) groups is 1. The van der Waals surface area contributed by atoms with Crippen LogP contribution >= 0.6 is 0 Å². The molecular formula is C14H22N6O. The zero-order chi connectivity index (χ0) is 15.4. The summed E-state index contributed by atoms with van der Waals surface area (Å²) in [6, 6.07) is 2.14. The Bertz CT molecular complexity index is 621. The largest absolute Gasteiger partial charge is 0.348 e. The lowest BCUT2D eigenvalue weighted by Crippen LogP contribution is -2.40. The minimum absolute atomic E-state index is 0.226. The van der Waals surface area contributed by atoms with E-state index in [1.54, 1.807) is 10.6 Å². The molecule has 0 radical (unpaired) electrons. The first-order chi connectivity index (χ1) is 10.0. The molecule has 2 aromatic heterocycles. The normalized spacial score (nSPS) is 12.8. The molecule has 0 aliphatic carbocycles. The topological polar surface area (TPSA) is 75.4 Å². The molecular weight excluding hydrogens is 268 g/mol. The van der Waals surface area contributed by atoms with Gasteiger partial charge in [0.15, 0.2) is 0 Å². The van der Waals surface area contributed by atoms with Crippen LogP contribution in [0.2, 0.25) is 0 Å². The fraction of sp³-hybridized carbons (Fsp3) is 0.571. The molecule has 1 amide bonds.